The van der Waals surface area contributed by atoms with Gasteiger partial charge in [-0.25, -0.2) is 0 Å². The summed E-state index contributed by atoms with van der Waals surface area (Å²) >= 11 is 1.58. The van der Waals surface area contributed by atoms with Crippen LogP contribution in [0.3, 0.4) is 0 Å². The van der Waals surface area contributed by atoms with Gasteiger partial charge in [0.05, 0.1) is 6.61 Å². The van der Waals surface area contributed by atoms with Gasteiger partial charge in [-0.15, -0.1) is 11.3 Å². The van der Waals surface area contributed by atoms with E-state index in [1.807, 2.05) is 41.8 Å². The lowest BCUT2D eigenvalue weighted by atomic mass is 10.2. The van der Waals surface area contributed by atoms with Crippen LogP contribution in [0.4, 0.5) is 5.69 Å². The fourth-order valence-corrected chi connectivity index (χ4v) is 3.57. The maximum atomic E-state index is 11.9. The molecule has 0 bridgehead atoms. The first kappa shape index (κ1) is 17.6. The van der Waals surface area contributed by atoms with Crippen molar-refractivity contribution < 1.29 is 13.7 Å². The number of carbonyl (C=O) groups excluding carboxylic acids is 1. The molecule has 1 atom stereocenters. The van der Waals surface area contributed by atoms with Crippen molar-refractivity contribution >= 4 is 39.8 Å². The van der Waals surface area contributed by atoms with Crippen molar-refractivity contribution in [2.75, 3.05) is 24.8 Å². The van der Waals surface area contributed by atoms with Crippen molar-refractivity contribution in [2.24, 2.45) is 0 Å². The Morgan fingerprint density at radius 1 is 1.35 bits per heavy atom. The fraction of sp³-hybridized carbons (Fsp3) is 0.235. The number of rotatable bonds is 8. The molecule has 4 nitrogen and oxygen atoms in total. The predicted molar refractivity (Wildman–Crippen MR) is 97.0 cm³/mol. The molecular weight excluding hydrogens is 330 g/mol. The molecule has 0 saturated heterocycles. The minimum atomic E-state index is -0.966. The van der Waals surface area contributed by atoms with E-state index in [2.05, 4.69) is 5.32 Å². The average Bonchev–Trinajstić information content (AvgIpc) is 3.05. The monoisotopic (exact) mass is 349 g/mol. The number of methoxy groups -OCH3 is 1. The minimum absolute atomic E-state index is 0.184. The Hall–Kier alpha value is -1.76. The van der Waals surface area contributed by atoms with Gasteiger partial charge in [-0.2, -0.15) is 0 Å². The van der Waals surface area contributed by atoms with E-state index in [9.17, 15) is 9.00 Å². The number of anilines is 1. The first-order chi connectivity index (χ1) is 11.2. The highest BCUT2D eigenvalue weighted by molar-refractivity contribution is 7.84. The molecular formula is C17H19NO3S2. The smallest absolute Gasteiger partial charge is 0.248 e. The van der Waals surface area contributed by atoms with Gasteiger partial charge >= 0.3 is 0 Å². The molecule has 2 rings (SSSR count). The molecule has 0 saturated carbocycles. The van der Waals surface area contributed by atoms with E-state index in [0.29, 0.717) is 23.8 Å². The number of ether oxygens (including phenoxy) is 1. The summed E-state index contributed by atoms with van der Waals surface area (Å²) in [6.07, 6.45) is 3.29. The number of amides is 1. The molecule has 6 heteroatoms. The molecule has 1 amide bonds. The molecule has 1 N–H and O–H groups in total. The third-order valence-electron chi connectivity index (χ3n) is 2.98. The van der Waals surface area contributed by atoms with Crippen LogP contribution in [-0.2, 0) is 26.1 Å². The zero-order valence-corrected chi connectivity index (χ0v) is 14.5. The third kappa shape index (κ3) is 6.48. The summed E-state index contributed by atoms with van der Waals surface area (Å²) in [6, 6.07) is 11.3. The summed E-state index contributed by atoms with van der Waals surface area (Å²) in [7, 11) is 0.628. The summed E-state index contributed by atoms with van der Waals surface area (Å²) in [5.41, 5.74) is 1.63. The minimum Gasteiger partial charge on any atom is -0.384 e. The average molecular weight is 349 g/mol. The van der Waals surface area contributed by atoms with E-state index < -0.39 is 10.8 Å². The summed E-state index contributed by atoms with van der Waals surface area (Å²) in [4.78, 5) is 12.9. The van der Waals surface area contributed by atoms with Gasteiger partial charge < -0.3 is 10.1 Å². The molecule has 0 unspecified atom stereocenters. The molecule has 1 aromatic heterocycles. The second-order valence-corrected chi connectivity index (χ2v) is 7.38. The van der Waals surface area contributed by atoms with Crippen LogP contribution in [0.5, 0.6) is 0 Å². The van der Waals surface area contributed by atoms with Crippen molar-refractivity contribution in [3.63, 3.8) is 0 Å². The van der Waals surface area contributed by atoms with Crippen molar-refractivity contribution in [1.82, 2.24) is 0 Å². The van der Waals surface area contributed by atoms with Crippen molar-refractivity contribution in [1.29, 1.82) is 0 Å². The Morgan fingerprint density at radius 3 is 2.96 bits per heavy atom. The van der Waals surface area contributed by atoms with Gasteiger partial charge in [0.25, 0.3) is 0 Å². The van der Waals surface area contributed by atoms with E-state index in [1.54, 1.807) is 24.5 Å². The van der Waals surface area contributed by atoms with Gasteiger partial charge in [-0.05, 0) is 35.2 Å². The lowest BCUT2D eigenvalue weighted by Crippen LogP contribution is -2.09. The predicted octanol–water partition coefficient (Wildman–Crippen LogP) is 3.30. The van der Waals surface area contributed by atoms with E-state index in [0.717, 1.165) is 10.4 Å². The molecule has 0 aliphatic heterocycles. The highest BCUT2D eigenvalue weighted by Gasteiger charge is 2.04. The van der Waals surface area contributed by atoms with Crippen LogP contribution >= 0.6 is 11.3 Å². The Labute approximate surface area is 142 Å². The van der Waals surface area contributed by atoms with E-state index in [-0.39, 0.29) is 5.91 Å². The molecule has 2 aromatic rings. The maximum absolute atomic E-state index is 11.9. The Balaban J connectivity index is 1.91. The SMILES string of the molecule is COCC[S@@](=O)Cc1cccc(NC(=O)/C=C/c2cccs2)c1. The van der Waals surface area contributed by atoms with Crippen LogP contribution < -0.4 is 5.32 Å². The van der Waals surface area contributed by atoms with Gasteiger partial charge in [0, 0.05) is 46.1 Å². The molecule has 0 aliphatic carbocycles. The number of thiophene rings is 1. The molecule has 1 heterocycles. The molecule has 0 spiro atoms. The van der Waals surface area contributed by atoms with Crippen LogP contribution in [-0.4, -0.2) is 29.6 Å². The fourth-order valence-electron chi connectivity index (χ4n) is 1.90. The van der Waals surface area contributed by atoms with Crippen molar-refractivity contribution in [3.8, 4) is 0 Å². The normalized spacial score (nSPS) is 12.4. The quantitative estimate of drug-likeness (QED) is 0.744. The van der Waals surface area contributed by atoms with Crippen molar-refractivity contribution in [3.05, 3.63) is 58.3 Å². The van der Waals surface area contributed by atoms with E-state index in [4.69, 9.17) is 4.74 Å². The van der Waals surface area contributed by atoms with E-state index in [1.165, 1.54) is 6.08 Å². The number of hydrogen-bond donors (Lipinski definition) is 1. The Kier molecular flexibility index (Phi) is 7.19. The lowest BCUT2D eigenvalue weighted by molar-refractivity contribution is -0.111. The summed E-state index contributed by atoms with van der Waals surface area (Å²) < 4.78 is 16.8. The van der Waals surface area contributed by atoms with Gasteiger partial charge in [0.2, 0.25) is 5.91 Å². The van der Waals surface area contributed by atoms with Crippen LogP contribution in [0.1, 0.15) is 10.4 Å². The zero-order valence-electron chi connectivity index (χ0n) is 12.9. The highest BCUT2D eigenvalue weighted by atomic mass is 32.2. The zero-order chi connectivity index (χ0) is 16.5. The van der Waals surface area contributed by atoms with Crippen LogP contribution in [0.15, 0.2) is 47.9 Å². The Bertz CT molecular complexity index is 681. The third-order valence-corrected chi connectivity index (χ3v) is 5.09. The topological polar surface area (TPSA) is 55.4 Å². The first-order valence-electron chi connectivity index (χ1n) is 7.13. The molecule has 23 heavy (non-hydrogen) atoms. The van der Waals surface area contributed by atoms with Crippen LogP contribution in [0.2, 0.25) is 0 Å². The van der Waals surface area contributed by atoms with Gasteiger partial charge in [-0.1, -0.05) is 18.2 Å². The highest BCUT2D eigenvalue weighted by Crippen LogP contribution is 2.14. The number of nitrogens with one attached hydrogen (secondary N) is 1. The molecule has 0 radical (unpaired) electrons. The van der Waals surface area contributed by atoms with Gasteiger partial charge in [0.15, 0.2) is 0 Å². The van der Waals surface area contributed by atoms with Gasteiger partial charge in [0.1, 0.15) is 0 Å². The second-order valence-electron chi connectivity index (χ2n) is 4.82. The number of benzene rings is 1. The largest absolute Gasteiger partial charge is 0.384 e. The molecule has 0 aliphatic rings. The molecule has 1 aromatic carbocycles. The van der Waals surface area contributed by atoms with Crippen LogP contribution in [0.25, 0.3) is 6.08 Å². The Morgan fingerprint density at radius 2 is 2.22 bits per heavy atom. The summed E-state index contributed by atoms with van der Waals surface area (Å²) in [5, 5.41) is 4.78. The van der Waals surface area contributed by atoms with Crippen molar-refractivity contribution in [2.45, 2.75) is 5.75 Å². The summed E-state index contributed by atoms with van der Waals surface area (Å²) in [5.74, 6) is 0.783. The van der Waals surface area contributed by atoms with E-state index >= 15 is 0 Å². The molecule has 122 valence electrons. The van der Waals surface area contributed by atoms with Gasteiger partial charge in [-0.3, -0.25) is 9.00 Å². The second kappa shape index (κ2) is 9.39. The summed E-state index contributed by atoms with van der Waals surface area (Å²) in [6.45, 7) is 0.483. The van der Waals surface area contributed by atoms with Crippen LogP contribution in [0, 0.1) is 0 Å². The maximum Gasteiger partial charge on any atom is 0.248 e. The number of hydrogen-bond acceptors (Lipinski definition) is 4. The first-order valence-corrected chi connectivity index (χ1v) is 9.49. The number of carbonyl (C=O) groups is 1. The standard InChI is InChI=1S/C17H19NO3S2/c1-21-9-11-23(20)13-14-4-2-5-15(12-14)18-17(19)8-7-16-6-3-10-22-16/h2-8,10,12H,9,11,13H2,1H3,(H,18,19)/b8-7+/t23-/m1/s1. The lowest BCUT2D eigenvalue weighted by Gasteiger charge is -2.06. The molecule has 0 fully saturated rings.